The monoisotopic (exact) mass is 363 g/mol. The zero-order valence-corrected chi connectivity index (χ0v) is 14.4. The van der Waals surface area contributed by atoms with Crippen molar-refractivity contribution in [3.05, 3.63) is 48.7 Å². The molecular formula is C19H17N5O3. The molecule has 3 N–H and O–H groups in total. The minimum atomic E-state index is -0.266. The van der Waals surface area contributed by atoms with Crippen LogP contribution in [0.25, 0.3) is 10.9 Å². The van der Waals surface area contributed by atoms with E-state index in [1.165, 1.54) is 4.90 Å². The first-order valence-electron chi connectivity index (χ1n) is 8.52. The summed E-state index contributed by atoms with van der Waals surface area (Å²) in [7, 11) is 0. The van der Waals surface area contributed by atoms with Gasteiger partial charge in [-0.1, -0.05) is 12.1 Å². The van der Waals surface area contributed by atoms with Gasteiger partial charge in [-0.3, -0.25) is 19.5 Å². The fourth-order valence-corrected chi connectivity index (χ4v) is 3.06. The van der Waals surface area contributed by atoms with Gasteiger partial charge in [-0.25, -0.2) is 0 Å². The fraction of sp³-hybridized carbons (Fsp3) is 0.158. The summed E-state index contributed by atoms with van der Waals surface area (Å²) in [4.78, 5) is 38.0. The van der Waals surface area contributed by atoms with Crippen molar-refractivity contribution in [1.29, 1.82) is 0 Å². The number of nitrogens with one attached hydrogen (secondary N) is 3. The second-order valence-electron chi connectivity index (χ2n) is 6.27. The fourth-order valence-electron chi connectivity index (χ4n) is 3.06. The topological polar surface area (TPSA) is 107 Å². The number of anilines is 3. The number of rotatable bonds is 4. The summed E-state index contributed by atoms with van der Waals surface area (Å²) in [5.41, 5.74) is 2.77. The van der Waals surface area contributed by atoms with Crippen LogP contribution in [0.4, 0.5) is 17.1 Å². The van der Waals surface area contributed by atoms with Gasteiger partial charge in [0.1, 0.15) is 6.54 Å². The van der Waals surface area contributed by atoms with Gasteiger partial charge in [-0.05, 0) is 30.3 Å². The number of carbonyl (C=O) groups excluding carboxylic acids is 3. The highest BCUT2D eigenvalue weighted by Gasteiger charge is 2.26. The molecule has 2 aromatic carbocycles. The lowest BCUT2D eigenvalue weighted by molar-refractivity contribution is -0.124. The van der Waals surface area contributed by atoms with Crippen LogP contribution < -0.4 is 15.5 Å². The lowest BCUT2D eigenvalue weighted by atomic mass is 10.1. The van der Waals surface area contributed by atoms with E-state index >= 15 is 0 Å². The molecule has 3 amide bonds. The summed E-state index contributed by atoms with van der Waals surface area (Å²) in [5.74, 6) is -0.779. The molecule has 1 aliphatic rings. The lowest BCUT2D eigenvalue weighted by Gasteiger charge is -2.29. The number of nitrogens with zero attached hydrogens (tertiary/aromatic N) is 2. The van der Waals surface area contributed by atoms with Gasteiger partial charge in [0, 0.05) is 23.9 Å². The molecule has 0 saturated carbocycles. The van der Waals surface area contributed by atoms with Crippen LogP contribution in [0, 0.1) is 0 Å². The predicted octanol–water partition coefficient (Wildman–Crippen LogP) is 2.27. The third kappa shape index (κ3) is 3.50. The highest BCUT2D eigenvalue weighted by atomic mass is 16.2. The molecule has 4 rings (SSSR count). The maximum atomic E-state index is 12.6. The molecule has 1 aliphatic heterocycles. The quantitative estimate of drug-likeness (QED) is 0.661. The molecule has 0 atom stereocenters. The van der Waals surface area contributed by atoms with E-state index in [0.717, 1.165) is 10.9 Å². The predicted molar refractivity (Wildman–Crippen MR) is 101 cm³/mol. The Hall–Kier alpha value is -3.68. The summed E-state index contributed by atoms with van der Waals surface area (Å²) < 4.78 is 0. The average molecular weight is 363 g/mol. The molecule has 3 aromatic rings. The van der Waals surface area contributed by atoms with Crippen molar-refractivity contribution in [2.75, 3.05) is 22.1 Å². The minimum absolute atomic E-state index is 0.0153. The van der Waals surface area contributed by atoms with Gasteiger partial charge in [0.05, 0.1) is 23.1 Å². The number of amides is 3. The second kappa shape index (κ2) is 6.91. The number of hydrogen-bond donors (Lipinski definition) is 3. The Morgan fingerprint density at radius 3 is 2.89 bits per heavy atom. The van der Waals surface area contributed by atoms with E-state index in [9.17, 15) is 14.4 Å². The first kappa shape index (κ1) is 16.8. The van der Waals surface area contributed by atoms with E-state index in [1.54, 1.807) is 36.5 Å². The highest BCUT2D eigenvalue weighted by Crippen LogP contribution is 2.29. The average Bonchev–Trinajstić information content (AvgIpc) is 3.13. The molecule has 27 heavy (non-hydrogen) atoms. The molecule has 136 valence electrons. The number of para-hydroxylation sites is 2. The molecule has 0 spiro atoms. The number of aromatic nitrogens is 2. The molecule has 0 bridgehead atoms. The van der Waals surface area contributed by atoms with Crippen molar-refractivity contribution in [3.8, 4) is 0 Å². The summed E-state index contributed by atoms with van der Waals surface area (Å²) in [6.45, 7) is -0.0470. The number of fused-ring (bicyclic) bond motifs is 2. The van der Waals surface area contributed by atoms with Crippen LogP contribution in [-0.4, -0.2) is 34.5 Å². The van der Waals surface area contributed by atoms with Crippen LogP contribution in [0.15, 0.2) is 48.7 Å². The van der Waals surface area contributed by atoms with E-state index in [2.05, 4.69) is 20.8 Å². The SMILES string of the molecule is O=C(CCC(=O)N1CC(=O)Nc2ccccc21)Nc1ccc2[nH]ncc2c1. The summed E-state index contributed by atoms with van der Waals surface area (Å²) in [6, 6.07) is 12.5. The van der Waals surface area contributed by atoms with E-state index in [1.807, 2.05) is 12.1 Å². The molecule has 0 saturated heterocycles. The standard InChI is InChI=1S/C19H17N5O3/c25-17(21-13-5-6-14-12(9-13)10-20-23-14)7-8-19(27)24-11-18(26)22-15-3-1-2-4-16(15)24/h1-6,9-10H,7-8,11H2,(H,20,23)(H,21,25)(H,22,26). The smallest absolute Gasteiger partial charge is 0.244 e. The van der Waals surface area contributed by atoms with Crippen molar-refractivity contribution >= 4 is 45.7 Å². The maximum Gasteiger partial charge on any atom is 0.244 e. The Kier molecular flexibility index (Phi) is 4.29. The van der Waals surface area contributed by atoms with Gasteiger partial charge in [-0.15, -0.1) is 0 Å². The first-order valence-corrected chi connectivity index (χ1v) is 8.52. The molecule has 0 radical (unpaired) electrons. The molecule has 0 fully saturated rings. The van der Waals surface area contributed by atoms with Gasteiger partial charge >= 0.3 is 0 Å². The van der Waals surface area contributed by atoms with Gasteiger partial charge in [0.15, 0.2) is 0 Å². The maximum absolute atomic E-state index is 12.6. The molecule has 0 aliphatic carbocycles. The molecule has 1 aromatic heterocycles. The van der Waals surface area contributed by atoms with Crippen LogP contribution in [-0.2, 0) is 14.4 Å². The number of H-pyrrole nitrogens is 1. The minimum Gasteiger partial charge on any atom is -0.326 e. The second-order valence-corrected chi connectivity index (χ2v) is 6.27. The van der Waals surface area contributed by atoms with E-state index in [4.69, 9.17) is 0 Å². The number of carbonyl (C=O) groups is 3. The van der Waals surface area contributed by atoms with Crippen molar-refractivity contribution in [3.63, 3.8) is 0 Å². The highest BCUT2D eigenvalue weighted by molar-refractivity contribution is 6.10. The summed E-state index contributed by atoms with van der Waals surface area (Å²) in [6.07, 6.45) is 1.72. The third-order valence-electron chi connectivity index (χ3n) is 4.36. The lowest BCUT2D eigenvalue weighted by Crippen LogP contribution is -2.42. The Labute approximate surface area is 154 Å². The Morgan fingerprint density at radius 1 is 1.15 bits per heavy atom. The normalized spacial score (nSPS) is 13.2. The summed E-state index contributed by atoms with van der Waals surface area (Å²) in [5, 5.41) is 13.2. The largest absolute Gasteiger partial charge is 0.326 e. The Balaban J connectivity index is 1.39. The van der Waals surface area contributed by atoms with Gasteiger partial charge in [0.25, 0.3) is 0 Å². The van der Waals surface area contributed by atoms with E-state index in [-0.39, 0.29) is 37.1 Å². The van der Waals surface area contributed by atoms with Gasteiger partial charge in [-0.2, -0.15) is 5.10 Å². The number of aromatic amines is 1. The molecule has 0 unspecified atom stereocenters. The zero-order chi connectivity index (χ0) is 18.8. The number of hydrogen-bond acceptors (Lipinski definition) is 4. The molecule has 8 nitrogen and oxygen atoms in total. The van der Waals surface area contributed by atoms with Crippen LogP contribution in [0.3, 0.4) is 0 Å². The van der Waals surface area contributed by atoms with Gasteiger partial charge < -0.3 is 15.5 Å². The molecule has 8 heteroatoms. The zero-order valence-electron chi connectivity index (χ0n) is 14.4. The third-order valence-corrected chi connectivity index (χ3v) is 4.36. The van der Waals surface area contributed by atoms with E-state index in [0.29, 0.717) is 17.1 Å². The molecular weight excluding hydrogens is 346 g/mol. The van der Waals surface area contributed by atoms with Crippen molar-refractivity contribution in [1.82, 2.24) is 10.2 Å². The van der Waals surface area contributed by atoms with Crippen LogP contribution in [0.5, 0.6) is 0 Å². The van der Waals surface area contributed by atoms with Crippen LogP contribution >= 0.6 is 0 Å². The van der Waals surface area contributed by atoms with Crippen LogP contribution in [0.1, 0.15) is 12.8 Å². The Bertz CT molecular complexity index is 1040. The van der Waals surface area contributed by atoms with Crippen LogP contribution in [0.2, 0.25) is 0 Å². The number of benzene rings is 2. The van der Waals surface area contributed by atoms with Crippen molar-refractivity contribution in [2.24, 2.45) is 0 Å². The van der Waals surface area contributed by atoms with E-state index < -0.39 is 0 Å². The van der Waals surface area contributed by atoms with Gasteiger partial charge in [0.2, 0.25) is 17.7 Å². The van der Waals surface area contributed by atoms with Crippen molar-refractivity contribution in [2.45, 2.75) is 12.8 Å². The molecule has 2 heterocycles. The van der Waals surface area contributed by atoms with Crippen molar-refractivity contribution < 1.29 is 14.4 Å². The summed E-state index contributed by atoms with van der Waals surface area (Å²) >= 11 is 0. The Morgan fingerprint density at radius 2 is 2.00 bits per heavy atom. The first-order chi connectivity index (χ1) is 13.1.